The maximum Gasteiger partial charge on any atom is 0.416 e. The summed E-state index contributed by atoms with van der Waals surface area (Å²) in [5, 5.41) is 4.05. The predicted octanol–water partition coefficient (Wildman–Crippen LogP) is 1.24. The van der Waals surface area contributed by atoms with Crippen LogP contribution in [0.1, 0.15) is 17.0 Å². The van der Waals surface area contributed by atoms with Gasteiger partial charge in [-0.2, -0.15) is 18.2 Å². The summed E-state index contributed by atoms with van der Waals surface area (Å²) in [6, 6.07) is 15.3. The van der Waals surface area contributed by atoms with E-state index < -0.39 is 11.7 Å². The maximum absolute atomic E-state index is 12.9. The van der Waals surface area contributed by atoms with Crippen LogP contribution in [0, 0.1) is 0 Å². The molecule has 0 amide bonds. The van der Waals surface area contributed by atoms with Gasteiger partial charge < -0.3 is 14.3 Å². The molecule has 4 rings (SSSR count). The Bertz CT molecular complexity index is 934. The third kappa shape index (κ3) is 5.02. The van der Waals surface area contributed by atoms with Crippen LogP contribution in [0.4, 0.5) is 13.2 Å². The summed E-state index contributed by atoms with van der Waals surface area (Å²) in [6.07, 6.45) is -4.29. The molecule has 2 aromatic carbocycles. The van der Waals surface area contributed by atoms with E-state index in [1.54, 1.807) is 6.07 Å². The van der Waals surface area contributed by atoms with Crippen LogP contribution in [0.3, 0.4) is 0 Å². The molecular formula is C21H23F3N4O+2. The lowest BCUT2D eigenvalue weighted by atomic mass is 10.1. The molecule has 29 heavy (non-hydrogen) atoms. The zero-order valence-electron chi connectivity index (χ0n) is 15.9. The van der Waals surface area contributed by atoms with Crippen molar-refractivity contribution in [2.75, 3.05) is 26.2 Å². The first-order chi connectivity index (χ1) is 14.0. The zero-order chi connectivity index (χ0) is 20.3. The fourth-order valence-corrected chi connectivity index (χ4v) is 3.70. The quantitative estimate of drug-likeness (QED) is 0.673. The Labute approximate surface area is 166 Å². The summed E-state index contributed by atoms with van der Waals surface area (Å²) in [4.78, 5) is 7.13. The van der Waals surface area contributed by atoms with E-state index in [0.717, 1.165) is 43.4 Å². The molecule has 0 unspecified atom stereocenters. The molecule has 1 saturated heterocycles. The highest BCUT2D eigenvalue weighted by atomic mass is 19.4. The van der Waals surface area contributed by atoms with Gasteiger partial charge in [-0.15, -0.1) is 0 Å². The number of rotatable bonds is 5. The number of aromatic nitrogens is 2. The first kappa shape index (κ1) is 19.6. The van der Waals surface area contributed by atoms with Crippen molar-refractivity contribution in [3.8, 4) is 11.4 Å². The van der Waals surface area contributed by atoms with Crippen LogP contribution in [-0.4, -0.2) is 36.3 Å². The van der Waals surface area contributed by atoms with E-state index in [1.165, 1.54) is 21.9 Å². The highest BCUT2D eigenvalue weighted by molar-refractivity contribution is 5.53. The lowest BCUT2D eigenvalue weighted by Gasteiger charge is -2.29. The second kappa shape index (κ2) is 8.34. The van der Waals surface area contributed by atoms with Gasteiger partial charge >= 0.3 is 6.18 Å². The van der Waals surface area contributed by atoms with E-state index in [9.17, 15) is 13.2 Å². The fraction of sp³-hybridized carbons (Fsp3) is 0.333. The number of benzene rings is 2. The Balaban J connectivity index is 1.30. The van der Waals surface area contributed by atoms with Gasteiger partial charge in [0.1, 0.15) is 32.7 Å². The van der Waals surface area contributed by atoms with Crippen LogP contribution in [-0.2, 0) is 19.3 Å². The molecule has 1 fully saturated rings. The summed E-state index contributed by atoms with van der Waals surface area (Å²) in [5.74, 6) is 1.20. The summed E-state index contributed by atoms with van der Waals surface area (Å²) in [6.45, 7) is 4.89. The highest BCUT2D eigenvalue weighted by Crippen LogP contribution is 2.29. The second-order valence-corrected chi connectivity index (χ2v) is 7.43. The smallest absolute Gasteiger partial charge is 0.333 e. The number of nitrogens with one attached hydrogen (secondary N) is 2. The standard InChI is InChI=1S/C21H21F3N4O/c22-21(23,24)18-8-4-5-16(13-18)14-27-9-11-28(12-10-27)15-19-25-20(26-29-19)17-6-2-1-3-7-17/h1-8,13H,9-12,14-15H2/p+2. The average Bonchev–Trinajstić information content (AvgIpc) is 3.18. The first-order valence-corrected chi connectivity index (χ1v) is 9.68. The molecule has 0 atom stereocenters. The number of quaternary nitrogens is 2. The van der Waals surface area contributed by atoms with E-state index in [2.05, 4.69) is 10.1 Å². The molecule has 2 heterocycles. The lowest BCUT2D eigenvalue weighted by Crippen LogP contribution is -3.27. The molecule has 0 saturated carbocycles. The monoisotopic (exact) mass is 404 g/mol. The van der Waals surface area contributed by atoms with Crippen molar-refractivity contribution in [1.29, 1.82) is 0 Å². The van der Waals surface area contributed by atoms with E-state index in [0.29, 0.717) is 24.8 Å². The van der Waals surface area contributed by atoms with Crippen molar-refractivity contribution in [3.05, 3.63) is 71.6 Å². The Morgan fingerprint density at radius 1 is 0.862 bits per heavy atom. The minimum atomic E-state index is -4.29. The number of piperazine rings is 1. The van der Waals surface area contributed by atoms with Crippen molar-refractivity contribution in [2.45, 2.75) is 19.3 Å². The van der Waals surface area contributed by atoms with Crippen molar-refractivity contribution < 1.29 is 27.5 Å². The number of halogens is 3. The van der Waals surface area contributed by atoms with Crippen molar-refractivity contribution in [1.82, 2.24) is 10.1 Å². The van der Waals surface area contributed by atoms with Crippen molar-refractivity contribution in [2.24, 2.45) is 0 Å². The Morgan fingerprint density at radius 3 is 2.24 bits per heavy atom. The van der Waals surface area contributed by atoms with Gasteiger partial charge in [-0.25, -0.2) is 0 Å². The normalized spacial score (nSPS) is 20.0. The van der Waals surface area contributed by atoms with Crippen LogP contribution >= 0.6 is 0 Å². The van der Waals surface area contributed by atoms with E-state index in [-0.39, 0.29) is 0 Å². The first-order valence-electron chi connectivity index (χ1n) is 9.68. The molecule has 0 radical (unpaired) electrons. The molecule has 3 aromatic rings. The molecule has 152 valence electrons. The second-order valence-electron chi connectivity index (χ2n) is 7.43. The highest BCUT2D eigenvalue weighted by Gasteiger charge is 2.31. The Kier molecular flexibility index (Phi) is 5.64. The molecule has 1 aliphatic heterocycles. The van der Waals surface area contributed by atoms with Crippen LogP contribution in [0.25, 0.3) is 11.4 Å². The topological polar surface area (TPSA) is 47.8 Å². The van der Waals surface area contributed by atoms with Gasteiger partial charge in [-0.1, -0.05) is 47.6 Å². The molecule has 0 aliphatic carbocycles. The minimum absolute atomic E-state index is 0.579. The minimum Gasteiger partial charge on any atom is -0.333 e. The van der Waals surface area contributed by atoms with Crippen molar-refractivity contribution in [3.63, 3.8) is 0 Å². The average molecular weight is 404 g/mol. The predicted molar refractivity (Wildman–Crippen MR) is 100.0 cm³/mol. The fourth-order valence-electron chi connectivity index (χ4n) is 3.70. The number of nitrogens with zero attached hydrogens (tertiary/aromatic N) is 2. The third-order valence-corrected chi connectivity index (χ3v) is 5.27. The van der Waals surface area contributed by atoms with Gasteiger partial charge in [0.2, 0.25) is 5.82 Å². The van der Waals surface area contributed by atoms with Crippen molar-refractivity contribution >= 4 is 0 Å². The maximum atomic E-state index is 12.9. The van der Waals surface area contributed by atoms with Gasteiger partial charge in [0.05, 0.1) is 5.56 Å². The van der Waals surface area contributed by atoms with Gasteiger partial charge in [0, 0.05) is 11.1 Å². The van der Waals surface area contributed by atoms with Crippen LogP contribution < -0.4 is 9.80 Å². The van der Waals surface area contributed by atoms with Gasteiger partial charge in [-0.05, 0) is 12.1 Å². The van der Waals surface area contributed by atoms with Crippen LogP contribution in [0.2, 0.25) is 0 Å². The number of hydrogen-bond donors (Lipinski definition) is 2. The molecule has 5 nitrogen and oxygen atoms in total. The molecular weight excluding hydrogens is 381 g/mol. The van der Waals surface area contributed by atoms with E-state index in [4.69, 9.17) is 4.52 Å². The summed E-state index contributed by atoms with van der Waals surface area (Å²) < 4.78 is 44.0. The molecule has 0 spiro atoms. The Hall–Kier alpha value is -2.71. The zero-order valence-corrected chi connectivity index (χ0v) is 15.9. The van der Waals surface area contributed by atoms with Gasteiger partial charge in [-0.3, -0.25) is 0 Å². The van der Waals surface area contributed by atoms with E-state index >= 15 is 0 Å². The molecule has 1 aliphatic rings. The summed E-state index contributed by atoms with van der Waals surface area (Å²) >= 11 is 0. The number of hydrogen-bond acceptors (Lipinski definition) is 3. The van der Waals surface area contributed by atoms with Crippen LogP contribution in [0.5, 0.6) is 0 Å². The van der Waals surface area contributed by atoms with Crippen LogP contribution in [0.15, 0.2) is 59.1 Å². The van der Waals surface area contributed by atoms with Gasteiger partial charge in [0.25, 0.3) is 5.89 Å². The SMILES string of the molecule is FC(F)(F)c1cccc(C[NH+]2CC[NH+](Cc3nc(-c4ccccc4)no3)CC2)c1. The third-order valence-electron chi connectivity index (χ3n) is 5.27. The molecule has 1 aromatic heterocycles. The number of alkyl halides is 3. The van der Waals surface area contributed by atoms with E-state index in [1.807, 2.05) is 30.3 Å². The molecule has 8 heteroatoms. The Morgan fingerprint density at radius 2 is 1.55 bits per heavy atom. The van der Waals surface area contributed by atoms with Gasteiger partial charge in [0.15, 0.2) is 6.54 Å². The summed E-state index contributed by atoms with van der Waals surface area (Å²) in [5.41, 5.74) is 1.07. The molecule has 0 bridgehead atoms. The lowest BCUT2D eigenvalue weighted by molar-refractivity contribution is -1.02. The molecule has 2 N–H and O–H groups in total. The summed E-state index contributed by atoms with van der Waals surface area (Å²) in [7, 11) is 0. The largest absolute Gasteiger partial charge is 0.416 e.